The van der Waals surface area contributed by atoms with Crippen molar-refractivity contribution in [3.05, 3.63) is 17.7 Å². The molecule has 0 amide bonds. The van der Waals surface area contributed by atoms with Gasteiger partial charge in [-0.2, -0.15) is 0 Å². The molecule has 0 aliphatic carbocycles. The Balaban J connectivity index is 2.61. The van der Waals surface area contributed by atoms with Crippen LogP contribution in [-0.2, 0) is 11.2 Å². The van der Waals surface area contributed by atoms with Crippen LogP contribution in [0, 0.1) is 0 Å². The summed E-state index contributed by atoms with van der Waals surface area (Å²) in [4.78, 5) is 0. The van der Waals surface area contributed by atoms with Crippen LogP contribution < -0.4 is 15.2 Å². The van der Waals surface area contributed by atoms with Gasteiger partial charge in [-0.3, -0.25) is 0 Å². The number of nitrogens with two attached hydrogens (primary N) is 1. The highest BCUT2D eigenvalue weighted by molar-refractivity contribution is 5.60. The first kappa shape index (κ1) is 17.6. The van der Waals surface area contributed by atoms with E-state index in [4.69, 9.17) is 19.9 Å². The lowest BCUT2D eigenvalue weighted by Crippen LogP contribution is -2.05. The van der Waals surface area contributed by atoms with Crippen molar-refractivity contribution in [2.75, 3.05) is 26.7 Å². The molecule has 4 nitrogen and oxygen atoms in total. The minimum absolute atomic E-state index is 0.208. The Kier molecular flexibility index (Phi) is 8.67. The molecule has 120 valence electrons. The molecular formula is C17H29NO3. The van der Waals surface area contributed by atoms with Crippen LogP contribution in [0.15, 0.2) is 12.1 Å². The molecule has 0 heterocycles. The molecule has 1 aromatic carbocycles. The summed E-state index contributed by atoms with van der Waals surface area (Å²) in [6.07, 6.45) is 8.55. The van der Waals surface area contributed by atoms with Gasteiger partial charge < -0.3 is 19.9 Å². The predicted molar refractivity (Wildman–Crippen MR) is 87.0 cm³/mol. The minimum Gasteiger partial charge on any atom is -0.497 e. The summed E-state index contributed by atoms with van der Waals surface area (Å²) < 4.78 is 15.9. The van der Waals surface area contributed by atoms with E-state index in [2.05, 4.69) is 6.92 Å². The standard InChI is InChI=1S/C17H29NO3/c1-4-5-6-7-8-9-10-14-11-15(20-3)12-16(18)17(14)21-13-19-2/h11-12H,4-10,13,18H2,1-3H3. The van der Waals surface area contributed by atoms with Crippen LogP contribution in [0.25, 0.3) is 0 Å². The molecule has 0 radical (unpaired) electrons. The molecule has 0 saturated carbocycles. The number of nitrogen functional groups attached to an aromatic ring is 1. The van der Waals surface area contributed by atoms with Crippen molar-refractivity contribution < 1.29 is 14.2 Å². The first-order valence-corrected chi connectivity index (χ1v) is 7.81. The average Bonchev–Trinajstić information content (AvgIpc) is 2.49. The molecule has 1 aromatic rings. The molecule has 2 N–H and O–H groups in total. The fourth-order valence-corrected chi connectivity index (χ4v) is 2.38. The molecule has 1 rings (SSSR count). The van der Waals surface area contributed by atoms with Gasteiger partial charge in [0.05, 0.1) is 12.8 Å². The van der Waals surface area contributed by atoms with E-state index >= 15 is 0 Å². The van der Waals surface area contributed by atoms with Gasteiger partial charge in [0.2, 0.25) is 0 Å². The zero-order valence-electron chi connectivity index (χ0n) is 13.6. The summed E-state index contributed by atoms with van der Waals surface area (Å²) in [6.45, 7) is 2.44. The average molecular weight is 295 g/mol. The van der Waals surface area contributed by atoms with E-state index in [1.54, 1.807) is 20.3 Å². The SMILES string of the molecule is CCCCCCCCc1cc(OC)cc(N)c1OCOC. The van der Waals surface area contributed by atoms with Crippen molar-refractivity contribution in [3.8, 4) is 11.5 Å². The lowest BCUT2D eigenvalue weighted by molar-refractivity contribution is 0.0509. The Bertz CT molecular complexity index is 407. The Morgan fingerprint density at radius 3 is 2.38 bits per heavy atom. The lowest BCUT2D eigenvalue weighted by atomic mass is 10.0. The topological polar surface area (TPSA) is 53.7 Å². The molecule has 0 aliphatic rings. The zero-order valence-corrected chi connectivity index (χ0v) is 13.6. The number of rotatable bonds is 11. The molecule has 0 atom stereocenters. The van der Waals surface area contributed by atoms with E-state index in [1.165, 1.54) is 32.1 Å². The van der Waals surface area contributed by atoms with Gasteiger partial charge in [0.1, 0.15) is 11.5 Å². The molecule has 4 heteroatoms. The summed E-state index contributed by atoms with van der Waals surface area (Å²) in [5, 5.41) is 0. The van der Waals surface area contributed by atoms with Crippen LogP contribution in [0.4, 0.5) is 5.69 Å². The monoisotopic (exact) mass is 295 g/mol. The highest BCUT2D eigenvalue weighted by Gasteiger charge is 2.11. The van der Waals surface area contributed by atoms with E-state index in [0.29, 0.717) is 5.69 Å². The van der Waals surface area contributed by atoms with Crippen LogP contribution in [0.1, 0.15) is 51.0 Å². The zero-order chi connectivity index (χ0) is 15.5. The maximum absolute atomic E-state index is 6.05. The van der Waals surface area contributed by atoms with Gasteiger partial charge >= 0.3 is 0 Å². The number of ether oxygens (including phenoxy) is 3. The van der Waals surface area contributed by atoms with E-state index in [1.807, 2.05) is 6.07 Å². The highest BCUT2D eigenvalue weighted by atomic mass is 16.7. The van der Waals surface area contributed by atoms with E-state index in [-0.39, 0.29) is 6.79 Å². The number of hydrogen-bond donors (Lipinski definition) is 1. The normalized spacial score (nSPS) is 10.6. The highest BCUT2D eigenvalue weighted by Crippen LogP contribution is 2.33. The van der Waals surface area contributed by atoms with Gasteiger partial charge in [0.15, 0.2) is 6.79 Å². The predicted octanol–water partition coefficient (Wildman–Crippen LogP) is 4.16. The maximum Gasteiger partial charge on any atom is 0.188 e. The molecule has 0 bridgehead atoms. The van der Waals surface area contributed by atoms with Crippen molar-refractivity contribution in [2.45, 2.75) is 51.9 Å². The Hall–Kier alpha value is -1.42. The van der Waals surface area contributed by atoms with Crippen LogP contribution in [0.5, 0.6) is 11.5 Å². The number of methoxy groups -OCH3 is 2. The summed E-state index contributed by atoms with van der Waals surface area (Å²) in [6, 6.07) is 3.79. The Morgan fingerprint density at radius 1 is 1.00 bits per heavy atom. The number of anilines is 1. The lowest BCUT2D eigenvalue weighted by Gasteiger charge is -2.15. The Labute approximate surface area is 128 Å². The Morgan fingerprint density at radius 2 is 1.71 bits per heavy atom. The summed E-state index contributed by atoms with van der Waals surface area (Å²) in [7, 11) is 3.26. The molecule has 0 saturated heterocycles. The minimum atomic E-state index is 0.208. The fraction of sp³-hybridized carbons (Fsp3) is 0.647. The molecule has 0 unspecified atom stereocenters. The molecule has 0 fully saturated rings. The third kappa shape index (κ3) is 6.25. The van der Waals surface area contributed by atoms with Crippen LogP contribution in [0.3, 0.4) is 0 Å². The second-order valence-electron chi connectivity index (χ2n) is 5.27. The van der Waals surface area contributed by atoms with Crippen molar-refractivity contribution in [1.82, 2.24) is 0 Å². The number of unbranched alkanes of at least 4 members (excludes halogenated alkanes) is 5. The molecule has 21 heavy (non-hydrogen) atoms. The third-order valence-corrected chi connectivity index (χ3v) is 3.52. The summed E-state index contributed by atoms with van der Waals surface area (Å²) in [5.74, 6) is 1.50. The number of benzene rings is 1. The largest absolute Gasteiger partial charge is 0.497 e. The first-order valence-electron chi connectivity index (χ1n) is 7.81. The van der Waals surface area contributed by atoms with Gasteiger partial charge in [-0.05, 0) is 18.9 Å². The van der Waals surface area contributed by atoms with E-state index in [0.717, 1.165) is 29.9 Å². The number of hydrogen-bond acceptors (Lipinski definition) is 4. The number of aryl methyl sites for hydroxylation is 1. The molecular weight excluding hydrogens is 266 g/mol. The van der Waals surface area contributed by atoms with Crippen LogP contribution in [0.2, 0.25) is 0 Å². The van der Waals surface area contributed by atoms with Gasteiger partial charge in [0.25, 0.3) is 0 Å². The molecule has 0 spiro atoms. The first-order chi connectivity index (χ1) is 10.2. The van der Waals surface area contributed by atoms with Gasteiger partial charge in [-0.15, -0.1) is 0 Å². The maximum atomic E-state index is 6.05. The third-order valence-electron chi connectivity index (χ3n) is 3.52. The summed E-state index contributed by atoms with van der Waals surface area (Å²) in [5.41, 5.74) is 7.75. The van der Waals surface area contributed by atoms with Crippen LogP contribution in [-0.4, -0.2) is 21.0 Å². The molecule has 0 aliphatic heterocycles. The second-order valence-corrected chi connectivity index (χ2v) is 5.27. The van der Waals surface area contributed by atoms with Crippen molar-refractivity contribution >= 4 is 5.69 Å². The smallest absolute Gasteiger partial charge is 0.188 e. The van der Waals surface area contributed by atoms with Gasteiger partial charge in [0, 0.05) is 18.7 Å². The van der Waals surface area contributed by atoms with Gasteiger partial charge in [-0.1, -0.05) is 39.0 Å². The fourth-order valence-electron chi connectivity index (χ4n) is 2.38. The summed E-state index contributed by atoms with van der Waals surface area (Å²) >= 11 is 0. The van der Waals surface area contributed by atoms with Crippen molar-refractivity contribution in [3.63, 3.8) is 0 Å². The van der Waals surface area contributed by atoms with Crippen LogP contribution >= 0.6 is 0 Å². The van der Waals surface area contributed by atoms with Gasteiger partial charge in [-0.25, -0.2) is 0 Å². The second kappa shape index (κ2) is 10.3. The van der Waals surface area contributed by atoms with Crippen molar-refractivity contribution in [2.24, 2.45) is 0 Å². The molecule has 0 aromatic heterocycles. The van der Waals surface area contributed by atoms with E-state index < -0.39 is 0 Å². The quantitative estimate of drug-likeness (QED) is 0.378. The van der Waals surface area contributed by atoms with Crippen molar-refractivity contribution in [1.29, 1.82) is 0 Å². The van der Waals surface area contributed by atoms with E-state index in [9.17, 15) is 0 Å².